The fourth-order valence-electron chi connectivity index (χ4n) is 2.70. The van der Waals surface area contributed by atoms with Gasteiger partial charge in [-0.15, -0.1) is 12.4 Å². The van der Waals surface area contributed by atoms with E-state index in [0.29, 0.717) is 0 Å². The molecule has 1 fully saturated rings. The third kappa shape index (κ3) is 2.47. The highest BCUT2D eigenvalue weighted by molar-refractivity contribution is 6.00. The van der Waals surface area contributed by atoms with Gasteiger partial charge in [0.05, 0.1) is 0 Å². The Morgan fingerprint density at radius 3 is 2.59 bits per heavy atom. The summed E-state index contributed by atoms with van der Waals surface area (Å²) in [7, 11) is 0. The van der Waals surface area contributed by atoms with Gasteiger partial charge in [0.15, 0.2) is 0 Å². The van der Waals surface area contributed by atoms with Gasteiger partial charge < -0.3 is 4.90 Å². The van der Waals surface area contributed by atoms with E-state index in [4.69, 9.17) is 4.99 Å². The molecule has 2 aliphatic rings. The predicted molar refractivity (Wildman–Crippen MR) is 74.2 cm³/mol. The molecule has 0 aromatic heterocycles. The summed E-state index contributed by atoms with van der Waals surface area (Å²) in [6.45, 7) is 3.34. The lowest BCUT2D eigenvalue weighted by atomic mass is 9.99. The second kappa shape index (κ2) is 5.54. The Morgan fingerprint density at radius 2 is 1.76 bits per heavy atom. The average molecular weight is 251 g/mol. The largest absolute Gasteiger partial charge is 0.356 e. The smallest absolute Gasteiger partial charge is 0.131 e. The fourth-order valence-corrected chi connectivity index (χ4v) is 2.70. The summed E-state index contributed by atoms with van der Waals surface area (Å²) >= 11 is 0. The summed E-state index contributed by atoms with van der Waals surface area (Å²) in [6, 6.07) is 8.73. The molecule has 92 valence electrons. The highest BCUT2D eigenvalue weighted by Crippen LogP contribution is 2.20. The maximum absolute atomic E-state index is 4.74. The molecule has 0 saturated carbocycles. The lowest BCUT2D eigenvalue weighted by molar-refractivity contribution is 0.341. The molecule has 0 aliphatic carbocycles. The van der Waals surface area contributed by atoms with Gasteiger partial charge in [-0.1, -0.05) is 24.3 Å². The molecule has 0 bridgehead atoms. The van der Waals surface area contributed by atoms with Crippen molar-refractivity contribution in [2.24, 2.45) is 4.99 Å². The number of halogens is 1. The molecule has 2 aliphatic heterocycles. The maximum atomic E-state index is 4.74. The van der Waals surface area contributed by atoms with Crippen LogP contribution in [-0.2, 0) is 6.42 Å². The van der Waals surface area contributed by atoms with Gasteiger partial charge in [0.2, 0.25) is 0 Å². The number of likely N-dealkylation sites (tertiary alicyclic amines) is 1. The van der Waals surface area contributed by atoms with Crippen molar-refractivity contribution >= 4 is 18.2 Å². The molecule has 1 aromatic rings. The van der Waals surface area contributed by atoms with E-state index < -0.39 is 0 Å². The summed E-state index contributed by atoms with van der Waals surface area (Å²) in [5.41, 5.74) is 2.84. The zero-order valence-corrected chi connectivity index (χ0v) is 10.9. The first-order valence-corrected chi connectivity index (χ1v) is 6.33. The SMILES string of the molecule is Cl.c1ccc2c(c1)CCN=C2N1CCCCC1. The van der Waals surface area contributed by atoms with Crippen LogP contribution >= 0.6 is 12.4 Å². The molecule has 3 rings (SSSR count). The Labute approximate surface area is 109 Å². The number of hydrogen-bond acceptors (Lipinski definition) is 2. The second-order valence-electron chi connectivity index (χ2n) is 4.66. The van der Waals surface area contributed by atoms with E-state index in [-0.39, 0.29) is 12.4 Å². The van der Waals surface area contributed by atoms with Gasteiger partial charge in [-0.25, -0.2) is 0 Å². The molecule has 1 aromatic carbocycles. The van der Waals surface area contributed by atoms with Crippen molar-refractivity contribution in [2.75, 3.05) is 19.6 Å². The van der Waals surface area contributed by atoms with Crippen molar-refractivity contribution in [3.63, 3.8) is 0 Å². The molecule has 0 amide bonds. The van der Waals surface area contributed by atoms with Crippen molar-refractivity contribution in [3.05, 3.63) is 35.4 Å². The van der Waals surface area contributed by atoms with Crippen LogP contribution in [0.25, 0.3) is 0 Å². The van der Waals surface area contributed by atoms with Crippen LogP contribution in [0.4, 0.5) is 0 Å². The van der Waals surface area contributed by atoms with E-state index in [1.807, 2.05) is 0 Å². The summed E-state index contributed by atoms with van der Waals surface area (Å²) in [4.78, 5) is 7.21. The molecule has 2 heterocycles. The topological polar surface area (TPSA) is 15.6 Å². The zero-order chi connectivity index (χ0) is 10.8. The number of fused-ring (bicyclic) bond motifs is 1. The van der Waals surface area contributed by atoms with Gasteiger partial charge in [0.25, 0.3) is 0 Å². The minimum absolute atomic E-state index is 0. The van der Waals surface area contributed by atoms with E-state index in [9.17, 15) is 0 Å². The third-order valence-electron chi connectivity index (χ3n) is 3.56. The van der Waals surface area contributed by atoms with Crippen molar-refractivity contribution in [1.29, 1.82) is 0 Å². The molecule has 3 heteroatoms. The molecule has 2 nitrogen and oxygen atoms in total. The number of piperidine rings is 1. The lowest BCUT2D eigenvalue weighted by Crippen LogP contribution is -2.38. The first-order chi connectivity index (χ1) is 7.95. The quantitative estimate of drug-likeness (QED) is 0.691. The number of hydrogen-bond donors (Lipinski definition) is 0. The van der Waals surface area contributed by atoms with Gasteiger partial charge in [-0.3, -0.25) is 4.99 Å². The first kappa shape index (κ1) is 12.4. The molecule has 17 heavy (non-hydrogen) atoms. The van der Waals surface area contributed by atoms with E-state index >= 15 is 0 Å². The number of aliphatic imine (C=N–C) groups is 1. The highest BCUT2D eigenvalue weighted by Gasteiger charge is 2.20. The zero-order valence-electron chi connectivity index (χ0n) is 10.1. The van der Waals surface area contributed by atoms with Gasteiger partial charge >= 0.3 is 0 Å². The minimum Gasteiger partial charge on any atom is -0.356 e. The van der Waals surface area contributed by atoms with Crippen LogP contribution in [0, 0.1) is 0 Å². The molecule has 0 radical (unpaired) electrons. The number of nitrogens with zero attached hydrogens (tertiary/aromatic N) is 2. The lowest BCUT2D eigenvalue weighted by Gasteiger charge is -2.32. The van der Waals surface area contributed by atoms with E-state index in [2.05, 4.69) is 29.2 Å². The number of benzene rings is 1. The maximum Gasteiger partial charge on any atom is 0.131 e. The van der Waals surface area contributed by atoms with Crippen molar-refractivity contribution in [1.82, 2.24) is 4.90 Å². The van der Waals surface area contributed by atoms with Crippen molar-refractivity contribution < 1.29 is 0 Å². The Balaban J connectivity index is 0.00000108. The summed E-state index contributed by atoms with van der Waals surface area (Å²) in [5, 5.41) is 0. The van der Waals surface area contributed by atoms with Crippen molar-refractivity contribution in [2.45, 2.75) is 25.7 Å². The number of amidine groups is 1. The van der Waals surface area contributed by atoms with Gasteiger partial charge in [0.1, 0.15) is 5.84 Å². The Morgan fingerprint density at radius 1 is 1.00 bits per heavy atom. The second-order valence-corrected chi connectivity index (χ2v) is 4.66. The molecular formula is C14H19ClN2. The van der Waals surface area contributed by atoms with Crippen LogP contribution in [0.5, 0.6) is 0 Å². The minimum atomic E-state index is 0. The first-order valence-electron chi connectivity index (χ1n) is 6.33. The fraction of sp³-hybridized carbons (Fsp3) is 0.500. The van der Waals surface area contributed by atoms with E-state index in [1.165, 1.54) is 49.3 Å². The molecule has 0 unspecified atom stereocenters. The monoisotopic (exact) mass is 250 g/mol. The number of rotatable bonds is 0. The predicted octanol–water partition coefficient (Wildman–Crippen LogP) is 2.90. The third-order valence-corrected chi connectivity index (χ3v) is 3.56. The average Bonchev–Trinajstić information content (AvgIpc) is 2.39. The van der Waals surface area contributed by atoms with Crippen LogP contribution in [0.15, 0.2) is 29.3 Å². The van der Waals surface area contributed by atoms with Crippen LogP contribution < -0.4 is 0 Å². The molecule has 0 spiro atoms. The summed E-state index contributed by atoms with van der Waals surface area (Å²) in [5.74, 6) is 1.25. The van der Waals surface area contributed by atoms with E-state index in [1.54, 1.807) is 0 Å². The van der Waals surface area contributed by atoms with Crippen LogP contribution in [0.1, 0.15) is 30.4 Å². The van der Waals surface area contributed by atoms with E-state index in [0.717, 1.165) is 13.0 Å². The Hall–Kier alpha value is -1.02. The molecule has 1 saturated heterocycles. The Bertz CT molecular complexity index is 408. The summed E-state index contributed by atoms with van der Waals surface area (Å²) < 4.78 is 0. The summed E-state index contributed by atoms with van der Waals surface area (Å²) in [6.07, 6.45) is 5.13. The normalized spacial score (nSPS) is 19.1. The standard InChI is InChI=1S/C14H18N2.ClH/c1-4-10-16(11-5-1)14-13-7-3-2-6-12(13)8-9-15-14;/h2-3,6-7H,1,4-5,8-11H2;1H. The van der Waals surface area contributed by atoms with Gasteiger partial charge in [-0.2, -0.15) is 0 Å². The van der Waals surface area contributed by atoms with Crippen LogP contribution in [-0.4, -0.2) is 30.4 Å². The molecular weight excluding hydrogens is 232 g/mol. The molecule has 0 atom stereocenters. The van der Waals surface area contributed by atoms with Gasteiger partial charge in [-0.05, 0) is 31.2 Å². The van der Waals surface area contributed by atoms with Gasteiger partial charge in [0, 0.05) is 25.2 Å². The van der Waals surface area contributed by atoms with Crippen LogP contribution in [0.2, 0.25) is 0 Å². The highest BCUT2D eigenvalue weighted by atomic mass is 35.5. The van der Waals surface area contributed by atoms with Crippen molar-refractivity contribution in [3.8, 4) is 0 Å². The Kier molecular flexibility index (Phi) is 4.06. The molecule has 0 N–H and O–H groups in total. The van der Waals surface area contributed by atoms with Crippen LogP contribution in [0.3, 0.4) is 0 Å².